The number of ether oxygens (including phenoxy) is 1. The molecule has 2 aromatic rings. The summed E-state index contributed by atoms with van der Waals surface area (Å²) in [5, 5.41) is 5.63. The van der Waals surface area contributed by atoms with Gasteiger partial charge >= 0.3 is 6.03 Å². The number of rotatable bonds is 6. The molecule has 0 radical (unpaired) electrons. The van der Waals surface area contributed by atoms with Crippen molar-refractivity contribution in [3.8, 4) is 0 Å². The Morgan fingerprint density at radius 1 is 1.07 bits per heavy atom. The fourth-order valence-electron chi connectivity index (χ4n) is 3.16. The molecule has 1 fully saturated rings. The molecule has 3 rings (SSSR count). The molecule has 0 spiro atoms. The summed E-state index contributed by atoms with van der Waals surface area (Å²) >= 11 is 0. The number of hydrogen-bond acceptors (Lipinski definition) is 4. The maximum Gasteiger partial charge on any atom is 0.316 e. The van der Waals surface area contributed by atoms with E-state index < -0.39 is 6.03 Å². The average molecular weight is 382 g/mol. The van der Waals surface area contributed by atoms with Gasteiger partial charge in [0.05, 0.1) is 19.3 Å². The SMILES string of the molecule is Cc1ccc(C(CN2CCOCC2)NC(=O)c2ccc(NC(N)=O)cc2)cc1. The van der Waals surface area contributed by atoms with E-state index in [2.05, 4.69) is 39.8 Å². The lowest BCUT2D eigenvalue weighted by Crippen LogP contribution is -2.43. The van der Waals surface area contributed by atoms with E-state index in [9.17, 15) is 9.59 Å². The largest absolute Gasteiger partial charge is 0.379 e. The number of nitrogens with two attached hydrogens (primary N) is 1. The molecule has 3 amide bonds. The van der Waals surface area contributed by atoms with E-state index in [1.807, 2.05) is 6.92 Å². The minimum absolute atomic E-state index is 0.130. The molecule has 1 aliphatic heterocycles. The van der Waals surface area contributed by atoms with Crippen LogP contribution in [0.3, 0.4) is 0 Å². The zero-order valence-corrected chi connectivity index (χ0v) is 16.0. The first-order valence-electron chi connectivity index (χ1n) is 9.35. The van der Waals surface area contributed by atoms with Gasteiger partial charge in [-0.05, 0) is 36.8 Å². The second-order valence-electron chi connectivity index (χ2n) is 6.92. The van der Waals surface area contributed by atoms with E-state index >= 15 is 0 Å². The van der Waals surface area contributed by atoms with Crippen LogP contribution in [0, 0.1) is 6.92 Å². The number of carbonyl (C=O) groups is 2. The second kappa shape index (κ2) is 9.34. The molecular formula is C21H26N4O3. The normalized spacial score (nSPS) is 15.6. The van der Waals surface area contributed by atoms with Crippen molar-refractivity contribution in [3.63, 3.8) is 0 Å². The molecule has 0 aromatic heterocycles. The van der Waals surface area contributed by atoms with Gasteiger partial charge in [0.25, 0.3) is 5.91 Å². The number of benzene rings is 2. The first-order valence-corrected chi connectivity index (χ1v) is 9.35. The highest BCUT2D eigenvalue weighted by atomic mass is 16.5. The van der Waals surface area contributed by atoms with Gasteiger partial charge in [0.2, 0.25) is 0 Å². The first kappa shape index (κ1) is 19.9. The summed E-state index contributed by atoms with van der Waals surface area (Å²) in [5.41, 5.74) is 8.43. The number of morpholine rings is 1. The van der Waals surface area contributed by atoms with Crippen LogP contribution < -0.4 is 16.4 Å². The van der Waals surface area contributed by atoms with E-state index in [0.717, 1.165) is 25.2 Å². The van der Waals surface area contributed by atoms with Crippen LogP contribution in [0.2, 0.25) is 0 Å². The van der Waals surface area contributed by atoms with Gasteiger partial charge in [0.1, 0.15) is 0 Å². The third-order valence-corrected chi connectivity index (χ3v) is 4.74. The quantitative estimate of drug-likeness (QED) is 0.714. The summed E-state index contributed by atoms with van der Waals surface area (Å²) in [6.07, 6.45) is 0. The van der Waals surface area contributed by atoms with Crippen molar-refractivity contribution in [1.29, 1.82) is 0 Å². The smallest absolute Gasteiger partial charge is 0.316 e. The van der Waals surface area contributed by atoms with Crippen LogP contribution in [0.15, 0.2) is 48.5 Å². The highest BCUT2D eigenvalue weighted by Gasteiger charge is 2.21. The van der Waals surface area contributed by atoms with Crippen molar-refractivity contribution in [3.05, 3.63) is 65.2 Å². The van der Waals surface area contributed by atoms with Gasteiger partial charge in [-0.3, -0.25) is 9.69 Å². The van der Waals surface area contributed by atoms with Crippen LogP contribution in [-0.2, 0) is 4.74 Å². The van der Waals surface area contributed by atoms with Gasteiger partial charge in [-0.15, -0.1) is 0 Å². The number of nitrogens with zero attached hydrogens (tertiary/aromatic N) is 1. The van der Waals surface area contributed by atoms with Gasteiger partial charge in [0, 0.05) is 30.9 Å². The molecule has 1 saturated heterocycles. The summed E-state index contributed by atoms with van der Waals surface area (Å²) in [4.78, 5) is 26.0. The molecule has 1 unspecified atom stereocenters. The van der Waals surface area contributed by atoms with E-state index in [0.29, 0.717) is 24.5 Å². The fourth-order valence-corrected chi connectivity index (χ4v) is 3.16. The molecule has 148 valence electrons. The van der Waals surface area contributed by atoms with E-state index in [1.165, 1.54) is 5.56 Å². The highest BCUT2D eigenvalue weighted by Crippen LogP contribution is 2.18. The molecule has 4 N–H and O–H groups in total. The van der Waals surface area contributed by atoms with Crippen molar-refractivity contribution in [1.82, 2.24) is 10.2 Å². The zero-order chi connectivity index (χ0) is 19.9. The minimum Gasteiger partial charge on any atom is -0.379 e. The molecule has 2 aromatic carbocycles. The number of nitrogens with one attached hydrogen (secondary N) is 2. The van der Waals surface area contributed by atoms with Crippen LogP contribution >= 0.6 is 0 Å². The van der Waals surface area contributed by atoms with E-state index in [-0.39, 0.29) is 11.9 Å². The van der Waals surface area contributed by atoms with Crippen LogP contribution in [0.4, 0.5) is 10.5 Å². The Kier molecular flexibility index (Phi) is 6.62. The lowest BCUT2D eigenvalue weighted by atomic mass is 10.0. The third kappa shape index (κ3) is 5.55. The van der Waals surface area contributed by atoms with E-state index in [4.69, 9.17) is 10.5 Å². The Hall–Kier alpha value is -2.90. The Morgan fingerprint density at radius 2 is 1.71 bits per heavy atom. The molecule has 0 saturated carbocycles. The summed E-state index contributed by atoms with van der Waals surface area (Å²) in [6.45, 7) is 5.89. The van der Waals surface area contributed by atoms with Crippen LogP contribution in [-0.4, -0.2) is 49.7 Å². The molecular weight excluding hydrogens is 356 g/mol. The predicted octanol–water partition coefficient (Wildman–Crippen LogP) is 2.29. The standard InChI is InChI=1S/C21H26N4O3/c1-15-2-4-16(5-3-15)19(14-25-10-12-28-13-11-25)24-20(26)17-6-8-18(9-7-17)23-21(22)27/h2-9,19H,10-14H2,1H3,(H,24,26)(H3,22,23,27). The van der Waals surface area contributed by atoms with Gasteiger partial charge in [-0.1, -0.05) is 29.8 Å². The molecule has 0 bridgehead atoms. The number of primary amides is 1. The van der Waals surface area contributed by atoms with Gasteiger partial charge in [0.15, 0.2) is 0 Å². The lowest BCUT2D eigenvalue weighted by molar-refractivity contribution is 0.0332. The van der Waals surface area contributed by atoms with Crippen molar-refractivity contribution >= 4 is 17.6 Å². The summed E-state index contributed by atoms with van der Waals surface area (Å²) in [7, 11) is 0. The molecule has 1 heterocycles. The minimum atomic E-state index is -0.637. The number of hydrogen-bond donors (Lipinski definition) is 3. The monoisotopic (exact) mass is 382 g/mol. The fraction of sp³-hybridized carbons (Fsp3) is 0.333. The van der Waals surface area contributed by atoms with Gasteiger partial charge < -0.3 is 21.1 Å². The lowest BCUT2D eigenvalue weighted by Gasteiger charge is -2.31. The second-order valence-corrected chi connectivity index (χ2v) is 6.92. The van der Waals surface area contributed by atoms with Gasteiger partial charge in [-0.25, -0.2) is 4.79 Å². The third-order valence-electron chi connectivity index (χ3n) is 4.74. The maximum absolute atomic E-state index is 12.8. The number of amides is 3. The van der Waals surface area contributed by atoms with Crippen LogP contribution in [0.5, 0.6) is 0 Å². The Bertz CT molecular complexity index is 799. The Labute approximate surface area is 164 Å². The molecule has 7 nitrogen and oxygen atoms in total. The van der Waals surface area contributed by atoms with E-state index in [1.54, 1.807) is 24.3 Å². The molecule has 1 atom stereocenters. The Morgan fingerprint density at radius 3 is 2.32 bits per heavy atom. The number of aryl methyl sites for hydroxylation is 1. The molecule has 1 aliphatic rings. The highest BCUT2D eigenvalue weighted by molar-refractivity contribution is 5.95. The average Bonchev–Trinajstić information content (AvgIpc) is 2.69. The summed E-state index contributed by atoms with van der Waals surface area (Å²) < 4.78 is 5.42. The van der Waals surface area contributed by atoms with Gasteiger partial charge in [-0.2, -0.15) is 0 Å². The van der Waals surface area contributed by atoms with Crippen molar-refractivity contribution in [2.75, 3.05) is 38.2 Å². The number of anilines is 1. The van der Waals surface area contributed by atoms with Crippen LogP contribution in [0.1, 0.15) is 27.5 Å². The van der Waals surface area contributed by atoms with Crippen molar-refractivity contribution in [2.45, 2.75) is 13.0 Å². The zero-order valence-electron chi connectivity index (χ0n) is 16.0. The Balaban J connectivity index is 1.72. The number of urea groups is 1. The maximum atomic E-state index is 12.8. The molecule has 0 aliphatic carbocycles. The first-order chi connectivity index (χ1) is 13.5. The summed E-state index contributed by atoms with van der Waals surface area (Å²) in [5.74, 6) is -0.163. The topological polar surface area (TPSA) is 96.7 Å². The number of carbonyl (C=O) groups excluding carboxylic acids is 2. The van der Waals surface area contributed by atoms with Crippen LogP contribution in [0.25, 0.3) is 0 Å². The van der Waals surface area contributed by atoms with Crippen molar-refractivity contribution in [2.24, 2.45) is 5.73 Å². The molecule has 7 heteroatoms. The molecule has 28 heavy (non-hydrogen) atoms. The summed E-state index contributed by atoms with van der Waals surface area (Å²) in [6, 6.07) is 14.1. The predicted molar refractivity (Wildman–Crippen MR) is 108 cm³/mol. The van der Waals surface area contributed by atoms with Crippen molar-refractivity contribution < 1.29 is 14.3 Å².